The zero-order valence-corrected chi connectivity index (χ0v) is 11.1. The Bertz CT molecular complexity index is 437. The minimum Gasteiger partial charge on any atom is -0.447 e. The van der Waals surface area contributed by atoms with E-state index in [4.69, 9.17) is 9.56 Å². The second-order valence-corrected chi connectivity index (χ2v) is 5.97. The lowest BCUT2D eigenvalue weighted by Gasteiger charge is -2.04. The van der Waals surface area contributed by atoms with Gasteiger partial charge in [0.2, 0.25) is 5.09 Å². The van der Waals surface area contributed by atoms with E-state index >= 15 is 0 Å². The van der Waals surface area contributed by atoms with Gasteiger partial charge in [0.1, 0.15) is 5.76 Å². The van der Waals surface area contributed by atoms with Crippen LogP contribution in [0.2, 0.25) is 0 Å². The molecule has 0 aliphatic rings. The largest absolute Gasteiger partial charge is 0.447 e. The van der Waals surface area contributed by atoms with Crippen LogP contribution in [0.3, 0.4) is 0 Å². The van der Waals surface area contributed by atoms with Crippen LogP contribution in [-0.4, -0.2) is 15.0 Å². The Balaban J connectivity index is 2.31. The fourth-order valence-corrected chi connectivity index (χ4v) is 1.93. The number of hydrogen-bond donors (Lipinski definition) is 2. The first kappa shape index (κ1) is 14.2. The molecule has 0 aliphatic carbocycles. The molecule has 0 atom stereocenters. The quantitative estimate of drug-likeness (QED) is 0.727. The molecule has 1 heterocycles. The maximum atomic E-state index is 11.0. The number of sulfonamides is 1. The number of nitrogens with two attached hydrogens (primary N) is 1. The van der Waals surface area contributed by atoms with Crippen molar-refractivity contribution in [3.05, 3.63) is 17.9 Å². The van der Waals surface area contributed by atoms with Crippen LogP contribution in [0, 0.1) is 5.92 Å². The molecule has 1 aromatic heterocycles. The average Bonchev–Trinajstić information content (AvgIpc) is 2.64. The molecule has 0 aromatic carbocycles. The van der Waals surface area contributed by atoms with Gasteiger partial charge in [-0.2, -0.15) is 0 Å². The van der Waals surface area contributed by atoms with E-state index in [0.717, 1.165) is 13.0 Å². The molecule has 3 N–H and O–H groups in total. The van der Waals surface area contributed by atoms with Gasteiger partial charge in [0.15, 0.2) is 0 Å². The summed E-state index contributed by atoms with van der Waals surface area (Å²) in [5.74, 6) is 1.29. The van der Waals surface area contributed by atoms with Crippen LogP contribution in [0.25, 0.3) is 0 Å². The summed E-state index contributed by atoms with van der Waals surface area (Å²) in [5, 5.41) is 7.95. The van der Waals surface area contributed by atoms with Crippen molar-refractivity contribution in [1.82, 2.24) is 5.32 Å². The normalized spacial score (nSPS) is 12.2. The van der Waals surface area contributed by atoms with E-state index in [9.17, 15) is 8.42 Å². The molecule has 1 rings (SSSR count). The first-order chi connectivity index (χ1) is 7.89. The fourth-order valence-electron chi connectivity index (χ4n) is 1.45. The predicted octanol–water partition coefficient (Wildman–Crippen LogP) is 1.45. The zero-order valence-electron chi connectivity index (χ0n) is 10.3. The molecule has 98 valence electrons. The summed E-state index contributed by atoms with van der Waals surface area (Å²) in [6.45, 7) is 5.78. The molecular weight excluding hydrogens is 240 g/mol. The monoisotopic (exact) mass is 260 g/mol. The molecule has 5 nitrogen and oxygen atoms in total. The van der Waals surface area contributed by atoms with Crippen LogP contribution >= 0.6 is 0 Å². The average molecular weight is 260 g/mol. The Morgan fingerprint density at radius 1 is 1.41 bits per heavy atom. The Hall–Kier alpha value is -0.850. The minimum absolute atomic E-state index is 0.184. The number of nitrogens with one attached hydrogen (secondary N) is 1. The zero-order chi connectivity index (χ0) is 12.9. The van der Waals surface area contributed by atoms with Crippen LogP contribution < -0.4 is 10.5 Å². The Labute approximate surface area is 102 Å². The molecule has 0 unspecified atom stereocenters. The highest BCUT2D eigenvalue weighted by Gasteiger charge is 2.12. The lowest BCUT2D eigenvalue weighted by atomic mass is 10.1. The molecule has 0 saturated heterocycles. The third-order valence-corrected chi connectivity index (χ3v) is 3.13. The lowest BCUT2D eigenvalue weighted by molar-refractivity contribution is 0.400. The summed E-state index contributed by atoms with van der Waals surface area (Å²) in [7, 11) is -3.72. The Morgan fingerprint density at radius 2 is 2.12 bits per heavy atom. The Kier molecular flexibility index (Phi) is 5.17. The highest BCUT2D eigenvalue weighted by atomic mass is 32.2. The predicted molar refractivity (Wildman–Crippen MR) is 65.9 cm³/mol. The standard InChI is InChI=1S/C11H20N2O3S/c1-9(2)4-3-7-13-8-10-5-6-11(16-10)17(12,14)15/h5-6,9,13H,3-4,7-8H2,1-2H3,(H2,12,14,15). The van der Waals surface area contributed by atoms with Crippen molar-refractivity contribution in [2.45, 2.75) is 38.3 Å². The van der Waals surface area contributed by atoms with Gasteiger partial charge in [0.05, 0.1) is 6.54 Å². The van der Waals surface area contributed by atoms with Crippen molar-refractivity contribution in [3.8, 4) is 0 Å². The Morgan fingerprint density at radius 3 is 2.65 bits per heavy atom. The van der Waals surface area contributed by atoms with Crippen LogP contribution in [-0.2, 0) is 16.6 Å². The lowest BCUT2D eigenvalue weighted by Crippen LogP contribution is -2.15. The van der Waals surface area contributed by atoms with E-state index in [2.05, 4.69) is 19.2 Å². The van der Waals surface area contributed by atoms with E-state index < -0.39 is 10.0 Å². The maximum Gasteiger partial charge on any atom is 0.271 e. The van der Waals surface area contributed by atoms with Crippen LogP contribution in [0.1, 0.15) is 32.4 Å². The van der Waals surface area contributed by atoms with Gasteiger partial charge in [-0.15, -0.1) is 0 Å². The van der Waals surface area contributed by atoms with Gasteiger partial charge in [0, 0.05) is 0 Å². The molecule has 0 amide bonds. The maximum absolute atomic E-state index is 11.0. The van der Waals surface area contributed by atoms with E-state index in [-0.39, 0.29) is 5.09 Å². The molecule has 1 aromatic rings. The summed E-state index contributed by atoms with van der Waals surface area (Å²) in [6, 6.07) is 3.00. The summed E-state index contributed by atoms with van der Waals surface area (Å²) in [5.41, 5.74) is 0. The summed E-state index contributed by atoms with van der Waals surface area (Å²) < 4.78 is 27.0. The molecule has 0 radical (unpaired) electrons. The summed E-state index contributed by atoms with van der Waals surface area (Å²) in [6.07, 6.45) is 2.27. The van der Waals surface area contributed by atoms with Gasteiger partial charge in [-0.3, -0.25) is 0 Å². The first-order valence-corrected chi connectivity index (χ1v) is 7.26. The van der Waals surface area contributed by atoms with Crippen LogP contribution in [0.5, 0.6) is 0 Å². The molecule has 0 bridgehead atoms. The number of hydrogen-bond acceptors (Lipinski definition) is 4. The van der Waals surface area contributed by atoms with Crippen LogP contribution in [0.4, 0.5) is 0 Å². The highest BCUT2D eigenvalue weighted by molar-refractivity contribution is 7.89. The highest BCUT2D eigenvalue weighted by Crippen LogP contribution is 2.11. The van der Waals surface area contributed by atoms with Gasteiger partial charge < -0.3 is 9.73 Å². The van der Waals surface area contributed by atoms with Gasteiger partial charge >= 0.3 is 0 Å². The van der Waals surface area contributed by atoms with Crippen molar-refractivity contribution < 1.29 is 12.8 Å². The topological polar surface area (TPSA) is 85.3 Å². The van der Waals surface area contributed by atoms with E-state index in [1.807, 2.05) is 0 Å². The SMILES string of the molecule is CC(C)CCCNCc1ccc(S(N)(=O)=O)o1. The van der Waals surface area contributed by atoms with Gasteiger partial charge in [-0.1, -0.05) is 13.8 Å². The second-order valence-electron chi connectivity index (χ2n) is 4.48. The van der Waals surface area contributed by atoms with E-state index in [1.54, 1.807) is 6.07 Å². The third kappa shape index (κ3) is 5.34. The number of rotatable bonds is 7. The number of primary sulfonamides is 1. The smallest absolute Gasteiger partial charge is 0.271 e. The summed E-state index contributed by atoms with van der Waals surface area (Å²) >= 11 is 0. The molecular formula is C11H20N2O3S. The van der Waals surface area contributed by atoms with Crippen molar-refractivity contribution in [3.63, 3.8) is 0 Å². The van der Waals surface area contributed by atoms with E-state index in [0.29, 0.717) is 18.2 Å². The molecule has 17 heavy (non-hydrogen) atoms. The van der Waals surface area contributed by atoms with Gasteiger partial charge in [-0.25, -0.2) is 13.6 Å². The molecule has 0 saturated carbocycles. The molecule has 0 aliphatic heterocycles. The number of furan rings is 1. The second kappa shape index (κ2) is 6.18. The minimum atomic E-state index is -3.72. The molecule has 0 fully saturated rings. The third-order valence-electron chi connectivity index (χ3n) is 2.35. The first-order valence-electron chi connectivity index (χ1n) is 5.72. The van der Waals surface area contributed by atoms with Crippen molar-refractivity contribution in [2.24, 2.45) is 11.1 Å². The van der Waals surface area contributed by atoms with Crippen molar-refractivity contribution in [2.75, 3.05) is 6.54 Å². The van der Waals surface area contributed by atoms with Crippen molar-refractivity contribution in [1.29, 1.82) is 0 Å². The van der Waals surface area contributed by atoms with Crippen molar-refractivity contribution >= 4 is 10.0 Å². The van der Waals surface area contributed by atoms with Gasteiger partial charge in [-0.05, 0) is 37.4 Å². The van der Waals surface area contributed by atoms with Gasteiger partial charge in [0.25, 0.3) is 10.0 Å². The van der Waals surface area contributed by atoms with Crippen LogP contribution in [0.15, 0.2) is 21.6 Å². The summed E-state index contributed by atoms with van der Waals surface area (Å²) in [4.78, 5) is 0. The molecule has 6 heteroatoms. The molecule has 0 spiro atoms. The van der Waals surface area contributed by atoms with E-state index in [1.165, 1.54) is 12.5 Å². The fraction of sp³-hybridized carbons (Fsp3) is 0.636.